The highest BCUT2D eigenvalue weighted by Crippen LogP contribution is 2.24. The maximum absolute atomic E-state index is 12.2. The topological polar surface area (TPSA) is 61.4 Å². The summed E-state index contributed by atoms with van der Waals surface area (Å²) in [5.74, 6) is 0.0537. The Morgan fingerprint density at radius 3 is 2.53 bits per heavy atom. The van der Waals surface area contributed by atoms with Crippen LogP contribution in [0.5, 0.6) is 0 Å². The van der Waals surface area contributed by atoms with Crippen LogP contribution >= 0.6 is 0 Å². The zero-order chi connectivity index (χ0) is 13.9. The van der Waals surface area contributed by atoms with E-state index in [9.17, 15) is 9.59 Å². The Balaban J connectivity index is 1.87. The van der Waals surface area contributed by atoms with Crippen LogP contribution in [-0.4, -0.2) is 48.9 Å². The first-order chi connectivity index (χ1) is 9.03. The van der Waals surface area contributed by atoms with Crippen molar-refractivity contribution in [1.82, 2.24) is 15.5 Å². The Labute approximate surface area is 115 Å². The minimum atomic E-state index is -0.414. The van der Waals surface area contributed by atoms with E-state index in [4.69, 9.17) is 0 Å². The largest absolute Gasteiger partial charge is 0.344 e. The van der Waals surface area contributed by atoms with Crippen molar-refractivity contribution in [2.75, 3.05) is 26.2 Å². The van der Waals surface area contributed by atoms with Gasteiger partial charge in [-0.2, -0.15) is 0 Å². The summed E-state index contributed by atoms with van der Waals surface area (Å²) < 4.78 is 0. The van der Waals surface area contributed by atoms with Gasteiger partial charge in [-0.15, -0.1) is 0 Å². The van der Waals surface area contributed by atoms with Gasteiger partial charge in [0.15, 0.2) is 0 Å². The molecule has 2 amide bonds. The lowest BCUT2D eigenvalue weighted by Crippen LogP contribution is -2.52. The number of likely N-dealkylation sites (tertiary alicyclic amines) is 1. The number of rotatable bonds is 3. The van der Waals surface area contributed by atoms with E-state index in [1.165, 1.54) is 6.42 Å². The normalized spacial score (nSPS) is 29.1. The molecule has 2 atom stereocenters. The van der Waals surface area contributed by atoms with Crippen LogP contribution in [0, 0.1) is 5.41 Å². The van der Waals surface area contributed by atoms with Gasteiger partial charge < -0.3 is 15.5 Å². The third-order valence-electron chi connectivity index (χ3n) is 4.30. The number of nitrogens with one attached hydrogen (secondary N) is 2. The smallest absolute Gasteiger partial charge is 0.244 e. The highest BCUT2D eigenvalue weighted by molar-refractivity contribution is 5.90. The lowest BCUT2D eigenvalue weighted by atomic mass is 9.88. The minimum Gasteiger partial charge on any atom is -0.344 e. The fraction of sp³-hybridized carbons (Fsp3) is 0.857. The van der Waals surface area contributed by atoms with Gasteiger partial charge in [-0.3, -0.25) is 9.59 Å². The van der Waals surface area contributed by atoms with Crippen molar-refractivity contribution in [3.8, 4) is 0 Å². The van der Waals surface area contributed by atoms with E-state index < -0.39 is 6.04 Å². The van der Waals surface area contributed by atoms with Crippen LogP contribution in [0.1, 0.15) is 39.5 Å². The molecular formula is C14H25N3O2. The fourth-order valence-corrected chi connectivity index (χ4v) is 2.83. The van der Waals surface area contributed by atoms with Crippen molar-refractivity contribution < 1.29 is 9.59 Å². The molecule has 0 aromatic rings. The molecule has 2 rings (SSSR count). The molecule has 0 bridgehead atoms. The number of carbonyl (C=O) groups excluding carboxylic acids is 2. The summed E-state index contributed by atoms with van der Waals surface area (Å²) in [6.07, 6.45) is 4.19. The molecule has 0 aromatic carbocycles. The van der Waals surface area contributed by atoms with Crippen molar-refractivity contribution in [3.05, 3.63) is 0 Å². The average Bonchev–Trinajstić information content (AvgIpc) is 2.87. The van der Waals surface area contributed by atoms with Crippen LogP contribution in [0.25, 0.3) is 0 Å². The summed E-state index contributed by atoms with van der Waals surface area (Å²) in [5.41, 5.74) is -0.365. The fourth-order valence-electron chi connectivity index (χ4n) is 2.83. The number of piperidine rings is 1. The molecule has 0 aliphatic carbocycles. The summed E-state index contributed by atoms with van der Waals surface area (Å²) >= 11 is 0. The Morgan fingerprint density at radius 2 is 1.95 bits per heavy atom. The van der Waals surface area contributed by atoms with Gasteiger partial charge in [0.25, 0.3) is 0 Å². The number of hydrogen-bond donors (Lipinski definition) is 2. The van der Waals surface area contributed by atoms with E-state index in [1.807, 2.05) is 11.8 Å². The predicted molar refractivity (Wildman–Crippen MR) is 73.6 cm³/mol. The van der Waals surface area contributed by atoms with Gasteiger partial charge >= 0.3 is 0 Å². The number of amides is 2. The minimum absolute atomic E-state index is 0.00430. The number of nitrogens with zero attached hydrogens (tertiary/aromatic N) is 1. The predicted octanol–water partition coefficient (Wildman–Crippen LogP) is 0.503. The zero-order valence-corrected chi connectivity index (χ0v) is 12.0. The van der Waals surface area contributed by atoms with Gasteiger partial charge in [-0.05, 0) is 46.1 Å². The summed E-state index contributed by atoms with van der Waals surface area (Å²) in [6.45, 7) is 6.98. The molecule has 2 fully saturated rings. The third kappa shape index (κ3) is 3.26. The molecule has 5 nitrogen and oxygen atoms in total. The Kier molecular flexibility index (Phi) is 4.45. The van der Waals surface area contributed by atoms with Gasteiger partial charge in [0.1, 0.15) is 6.04 Å². The highest BCUT2D eigenvalue weighted by atomic mass is 16.2. The molecule has 5 heteroatoms. The average molecular weight is 267 g/mol. The van der Waals surface area contributed by atoms with Gasteiger partial charge in [0.05, 0.1) is 5.41 Å². The Morgan fingerprint density at radius 1 is 1.26 bits per heavy atom. The molecule has 2 aliphatic rings. The second-order valence-corrected chi connectivity index (χ2v) is 6.07. The van der Waals surface area contributed by atoms with Crippen LogP contribution < -0.4 is 10.6 Å². The van der Waals surface area contributed by atoms with Gasteiger partial charge in [0, 0.05) is 19.6 Å². The van der Waals surface area contributed by atoms with E-state index in [1.54, 1.807) is 6.92 Å². The molecule has 2 saturated heterocycles. The molecule has 2 heterocycles. The molecule has 19 heavy (non-hydrogen) atoms. The number of carbonyl (C=O) groups is 2. The molecular weight excluding hydrogens is 242 g/mol. The van der Waals surface area contributed by atoms with E-state index in [0.29, 0.717) is 6.54 Å². The zero-order valence-electron chi connectivity index (χ0n) is 12.0. The van der Waals surface area contributed by atoms with E-state index in [2.05, 4.69) is 10.6 Å². The molecule has 0 radical (unpaired) electrons. The maximum Gasteiger partial charge on any atom is 0.244 e. The lowest BCUT2D eigenvalue weighted by molar-refractivity contribution is -0.139. The lowest BCUT2D eigenvalue weighted by Gasteiger charge is -2.31. The first kappa shape index (κ1) is 14.3. The first-order valence-electron chi connectivity index (χ1n) is 7.33. The number of hydrogen-bond acceptors (Lipinski definition) is 3. The second kappa shape index (κ2) is 5.90. The van der Waals surface area contributed by atoms with Crippen molar-refractivity contribution in [1.29, 1.82) is 0 Å². The van der Waals surface area contributed by atoms with E-state index in [0.717, 1.165) is 38.9 Å². The van der Waals surface area contributed by atoms with E-state index >= 15 is 0 Å². The van der Waals surface area contributed by atoms with Crippen LogP contribution in [0.15, 0.2) is 0 Å². The molecule has 2 aliphatic heterocycles. The molecule has 2 unspecified atom stereocenters. The summed E-state index contributed by atoms with van der Waals surface area (Å²) in [6, 6.07) is -0.414. The van der Waals surface area contributed by atoms with Crippen molar-refractivity contribution in [2.24, 2.45) is 5.41 Å². The van der Waals surface area contributed by atoms with Crippen molar-refractivity contribution >= 4 is 11.8 Å². The van der Waals surface area contributed by atoms with Crippen LogP contribution in [0.4, 0.5) is 0 Å². The quantitative estimate of drug-likeness (QED) is 0.783. The summed E-state index contributed by atoms with van der Waals surface area (Å²) in [5, 5.41) is 6.09. The molecule has 108 valence electrons. The maximum atomic E-state index is 12.2. The first-order valence-corrected chi connectivity index (χ1v) is 7.33. The van der Waals surface area contributed by atoms with Crippen molar-refractivity contribution in [2.45, 2.75) is 45.6 Å². The van der Waals surface area contributed by atoms with Gasteiger partial charge in [-0.25, -0.2) is 0 Å². The van der Waals surface area contributed by atoms with Gasteiger partial charge in [0.2, 0.25) is 11.8 Å². The SMILES string of the molecule is CC(NC(=O)C1(C)CCNC1)C(=O)N1CCCCC1. The van der Waals surface area contributed by atoms with Crippen LogP contribution in [0.2, 0.25) is 0 Å². The third-order valence-corrected chi connectivity index (χ3v) is 4.30. The molecule has 0 aromatic heterocycles. The van der Waals surface area contributed by atoms with Gasteiger partial charge in [-0.1, -0.05) is 0 Å². The Hall–Kier alpha value is -1.10. The second-order valence-electron chi connectivity index (χ2n) is 6.07. The summed E-state index contributed by atoms with van der Waals surface area (Å²) in [4.78, 5) is 26.4. The van der Waals surface area contributed by atoms with Crippen LogP contribution in [-0.2, 0) is 9.59 Å². The molecule has 0 spiro atoms. The monoisotopic (exact) mass is 267 g/mol. The molecule has 0 saturated carbocycles. The van der Waals surface area contributed by atoms with E-state index in [-0.39, 0.29) is 17.2 Å². The highest BCUT2D eigenvalue weighted by Gasteiger charge is 2.37. The molecule has 2 N–H and O–H groups in total. The van der Waals surface area contributed by atoms with Crippen LogP contribution in [0.3, 0.4) is 0 Å². The summed E-state index contributed by atoms with van der Waals surface area (Å²) in [7, 11) is 0. The standard InChI is InChI=1S/C14H25N3O2/c1-11(12(18)17-8-4-3-5-9-17)16-13(19)14(2)6-7-15-10-14/h11,15H,3-10H2,1-2H3,(H,16,19). The Bertz CT molecular complexity index is 345. The van der Waals surface area contributed by atoms with Crippen molar-refractivity contribution in [3.63, 3.8) is 0 Å².